The number of alkyl halides is 2. The van der Waals surface area contributed by atoms with Crippen LogP contribution in [0.5, 0.6) is 5.88 Å². The minimum atomic E-state index is -1.72. The molecule has 0 bridgehead atoms. The first-order chi connectivity index (χ1) is 22.6. The Bertz CT molecular complexity index is 1720. The average Bonchev–Trinajstić information content (AvgIpc) is 3.46. The van der Waals surface area contributed by atoms with Gasteiger partial charge in [0.05, 0.1) is 18.7 Å². The number of aliphatic carboxylic acids is 1. The molecule has 3 aromatic rings. The molecule has 13 heteroatoms. The summed E-state index contributed by atoms with van der Waals surface area (Å²) in [5, 5.41) is 18.8. The van der Waals surface area contributed by atoms with Gasteiger partial charge in [0.15, 0.2) is 16.0 Å². The van der Waals surface area contributed by atoms with Gasteiger partial charge in [0.25, 0.3) is 0 Å². The monoisotopic (exact) mass is 680 g/mol. The van der Waals surface area contributed by atoms with Gasteiger partial charge in [0.1, 0.15) is 5.54 Å². The number of halogens is 3. The number of nitrogens with zero attached hydrogens (tertiary/aromatic N) is 3. The van der Waals surface area contributed by atoms with Gasteiger partial charge in [-0.1, -0.05) is 71.8 Å². The molecule has 0 spiro atoms. The van der Waals surface area contributed by atoms with Crippen LogP contribution in [0, 0.1) is 11.7 Å². The predicted molar refractivity (Wildman–Crippen MR) is 178 cm³/mol. The fraction of sp³-hybridized carbons (Fsp3) is 0.353. The first kappa shape index (κ1) is 32.9. The maximum atomic E-state index is 16.2. The van der Waals surface area contributed by atoms with E-state index in [2.05, 4.69) is 20.9 Å². The second kappa shape index (κ2) is 13.6. The number of aromatic nitrogens is 2. The Morgan fingerprint density at radius 1 is 1.17 bits per heavy atom. The highest BCUT2D eigenvalue weighted by molar-refractivity contribution is 6.55. The van der Waals surface area contributed by atoms with Crippen molar-refractivity contribution in [3.05, 3.63) is 101 Å². The molecule has 6 rings (SSSR count). The number of methoxy groups -OCH3 is 1. The number of carbonyl (C=O) groups excluding carboxylic acids is 1. The molecule has 4 N–H and O–H groups in total. The maximum Gasteiger partial charge on any atom is 0.309 e. The molecule has 2 aliphatic heterocycles. The highest BCUT2D eigenvalue weighted by Gasteiger charge is 2.55. The van der Waals surface area contributed by atoms with Gasteiger partial charge in [0, 0.05) is 62.5 Å². The number of hydrogen-bond donors (Lipinski definition) is 4. The minimum Gasteiger partial charge on any atom is -0.481 e. The zero-order valence-corrected chi connectivity index (χ0v) is 27.2. The lowest BCUT2D eigenvalue weighted by molar-refractivity contribution is -0.147. The first-order valence-electron chi connectivity index (χ1n) is 15.4. The van der Waals surface area contributed by atoms with Gasteiger partial charge in [-0.3, -0.25) is 14.5 Å². The molecule has 0 radical (unpaired) electrons. The van der Waals surface area contributed by atoms with Crippen molar-refractivity contribution in [2.75, 3.05) is 32.1 Å². The number of likely N-dealkylation sites (tertiary alicyclic amines) is 1. The Morgan fingerprint density at radius 3 is 2.66 bits per heavy atom. The lowest BCUT2D eigenvalue weighted by atomic mass is 9.79. The smallest absolute Gasteiger partial charge is 0.309 e. The highest BCUT2D eigenvalue weighted by Crippen LogP contribution is 2.54. The van der Waals surface area contributed by atoms with E-state index in [1.54, 1.807) is 24.3 Å². The van der Waals surface area contributed by atoms with Crippen LogP contribution in [0.3, 0.4) is 0 Å². The molecule has 0 saturated carbocycles. The molecule has 1 amide bonds. The van der Waals surface area contributed by atoms with Crippen LogP contribution in [-0.2, 0) is 28.2 Å². The zero-order chi connectivity index (χ0) is 33.2. The summed E-state index contributed by atoms with van der Waals surface area (Å²) in [7, 11) is 1.52. The molecular weight excluding hydrogens is 646 g/mol. The summed E-state index contributed by atoms with van der Waals surface area (Å²) in [5.74, 6) is -1.64. The fourth-order valence-corrected chi connectivity index (χ4v) is 6.98. The van der Waals surface area contributed by atoms with Crippen LogP contribution >= 0.6 is 23.2 Å². The summed E-state index contributed by atoms with van der Waals surface area (Å²) in [6, 6.07) is 14.7. The van der Waals surface area contributed by atoms with Crippen molar-refractivity contribution in [2.45, 2.75) is 41.8 Å². The van der Waals surface area contributed by atoms with Crippen LogP contribution in [-0.4, -0.2) is 69.0 Å². The van der Waals surface area contributed by atoms with Crippen LogP contribution in [0.2, 0.25) is 0 Å². The molecule has 1 aliphatic carbocycles. The number of carboxylic acid groups (broad SMARTS) is 1. The van der Waals surface area contributed by atoms with Crippen molar-refractivity contribution < 1.29 is 23.8 Å². The topological polar surface area (TPSA) is 129 Å². The third-order valence-electron chi connectivity index (χ3n) is 8.84. The summed E-state index contributed by atoms with van der Waals surface area (Å²) >= 11 is 14.8. The molecule has 10 nitrogen and oxygen atoms in total. The van der Waals surface area contributed by atoms with Gasteiger partial charge in [-0.2, -0.15) is 0 Å². The molecule has 47 heavy (non-hydrogen) atoms. The number of ether oxygens (including phenoxy) is 1. The van der Waals surface area contributed by atoms with Gasteiger partial charge in [0.2, 0.25) is 11.8 Å². The number of amides is 1. The minimum absolute atomic E-state index is 0.0529. The van der Waals surface area contributed by atoms with Crippen LogP contribution in [0.15, 0.2) is 73.0 Å². The van der Waals surface area contributed by atoms with E-state index in [1.165, 1.54) is 13.3 Å². The molecule has 1 unspecified atom stereocenters. The summed E-state index contributed by atoms with van der Waals surface area (Å²) in [5.41, 5.74) is 1.29. The van der Waals surface area contributed by atoms with Crippen molar-refractivity contribution in [3.63, 3.8) is 0 Å². The molecule has 3 aliphatic rings. The van der Waals surface area contributed by atoms with Crippen molar-refractivity contribution in [2.24, 2.45) is 5.92 Å². The van der Waals surface area contributed by atoms with E-state index >= 15 is 4.39 Å². The van der Waals surface area contributed by atoms with E-state index in [0.717, 1.165) is 17.5 Å². The van der Waals surface area contributed by atoms with E-state index in [1.807, 2.05) is 47.4 Å². The fourth-order valence-electron chi connectivity index (χ4n) is 6.22. The normalized spacial score (nSPS) is 22.3. The molecular formula is C34H35Cl2FN6O4. The van der Waals surface area contributed by atoms with Crippen LogP contribution in [0.1, 0.15) is 35.2 Å². The van der Waals surface area contributed by atoms with Crippen LogP contribution < -0.4 is 20.7 Å². The van der Waals surface area contributed by atoms with Gasteiger partial charge in [-0.05, 0) is 35.8 Å². The molecule has 2 aromatic heterocycles. The number of carboxylic acids is 1. The van der Waals surface area contributed by atoms with E-state index in [4.69, 9.17) is 32.9 Å². The largest absolute Gasteiger partial charge is 0.481 e. The third kappa shape index (κ3) is 6.58. The average molecular weight is 682 g/mol. The molecule has 246 valence electrons. The first-order valence-corrected chi connectivity index (χ1v) is 16.1. The Morgan fingerprint density at radius 2 is 1.96 bits per heavy atom. The lowest BCUT2D eigenvalue weighted by Crippen LogP contribution is -2.51. The molecule has 1 aromatic carbocycles. The van der Waals surface area contributed by atoms with E-state index in [9.17, 15) is 14.7 Å². The molecule has 2 saturated heterocycles. The molecule has 2 fully saturated rings. The number of hydrogen-bond acceptors (Lipinski definition) is 8. The van der Waals surface area contributed by atoms with Crippen molar-refractivity contribution in [1.29, 1.82) is 0 Å². The maximum absolute atomic E-state index is 16.2. The summed E-state index contributed by atoms with van der Waals surface area (Å²) in [4.78, 5) is 33.9. The van der Waals surface area contributed by atoms with Crippen molar-refractivity contribution in [3.8, 4) is 5.88 Å². The highest BCUT2D eigenvalue weighted by atomic mass is 35.5. The Labute approximate surface area is 282 Å². The Balaban J connectivity index is 1.34. The number of benzene rings is 1. The van der Waals surface area contributed by atoms with Gasteiger partial charge >= 0.3 is 5.97 Å². The number of allylic oxidation sites excluding steroid dienone is 2. The number of anilines is 1. The number of nitrogens with one attached hydrogen (secondary N) is 3. The van der Waals surface area contributed by atoms with Gasteiger partial charge < -0.3 is 25.8 Å². The summed E-state index contributed by atoms with van der Waals surface area (Å²) < 4.78 is 20.2. The number of rotatable bonds is 12. The molecule has 4 heterocycles. The van der Waals surface area contributed by atoms with Crippen molar-refractivity contribution in [1.82, 2.24) is 25.5 Å². The predicted octanol–water partition coefficient (Wildman–Crippen LogP) is 4.64. The van der Waals surface area contributed by atoms with Crippen molar-refractivity contribution >= 4 is 46.5 Å². The van der Waals surface area contributed by atoms with Gasteiger partial charge in [-0.15, -0.1) is 0 Å². The van der Waals surface area contributed by atoms with Gasteiger partial charge in [-0.25, -0.2) is 14.4 Å². The van der Waals surface area contributed by atoms with E-state index in [0.29, 0.717) is 55.3 Å². The molecule has 2 atom stereocenters. The van der Waals surface area contributed by atoms with E-state index < -0.39 is 27.6 Å². The summed E-state index contributed by atoms with van der Waals surface area (Å²) in [6.07, 6.45) is 8.14. The summed E-state index contributed by atoms with van der Waals surface area (Å²) in [6.45, 7) is 1.92. The standard InChI is InChI=1S/C34H35Cl2FN6O4/c1-47-31-22(16-38-17-25-10-12-28(44)40-25)9-11-27(41-31)33(14-5-8-26(34(33,35)36)21-6-3-2-4-7-21)42-30-29(37)23(13-15-39-30)18-43-19-24(20-43)32(45)46/h2-9,11,13-15,24-25,38H,10,12,16-20H2,1H3,(H,39,42)(H,40,44)(H,45,46)/t25?,33-/m0/s1. The third-order valence-corrected chi connectivity index (χ3v) is 9.84. The van der Waals surface area contributed by atoms with Crippen LogP contribution in [0.4, 0.5) is 10.2 Å². The van der Waals surface area contributed by atoms with Crippen LogP contribution in [0.25, 0.3) is 5.57 Å². The number of pyridine rings is 2. The lowest BCUT2D eigenvalue weighted by Gasteiger charge is -2.45. The number of carbonyl (C=O) groups is 2. The zero-order valence-electron chi connectivity index (χ0n) is 25.7. The SMILES string of the molecule is COc1nc([C@@]2(Nc3nccc(CN4CC(C(=O)O)C4)c3F)C=CC=C(c3ccccc3)C2(Cl)Cl)ccc1CNCC1CCC(=O)N1. The second-order valence-corrected chi connectivity index (χ2v) is 13.3. The Hall–Kier alpha value is -4.03. The van der Waals surface area contributed by atoms with E-state index in [-0.39, 0.29) is 24.3 Å². The second-order valence-electron chi connectivity index (χ2n) is 12.0. The quantitative estimate of drug-likeness (QED) is 0.202. The Kier molecular flexibility index (Phi) is 9.52.